The van der Waals surface area contributed by atoms with Crippen molar-refractivity contribution in [3.63, 3.8) is 0 Å². The van der Waals surface area contributed by atoms with Crippen LogP contribution >= 0.6 is 0 Å². The van der Waals surface area contributed by atoms with Gasteiger partial charge in [-0.25, -0.2) is 0 Å². The Morgan fingerprint density at radius 3 is 2.85 bits per heavy atom. The van der Waals surface area contributed by atoms with E-state index >= 15 is 0 Å². The van der Waals surface area contributed by atoms with E-state index in [1.807, 2.05) is 18.2 Å². The van der Waals surface area contributed by atoms with Crippen LogP contribution in [0, 0.1) is 0 Å². The van der Waals surface area contributed by atoms with E-state index in [0.717, 1.165) is 37.3 Å². The van der Waals surface area contributed by atoms with Crippen molar-refractivity contribution < 1.29 is 9.47 Å². The molecule has 1 fully saturated rings. The summed E-state index contributed by atoms with van der Waals surface area (Å²) < 4.78 is 11.3. The zero-order valence-corrected chi connectivity index (χ0v) is 12.8. The molecular formula is C16H26N2O2. The molecule has 1 saturated heterocycles. The number of nitrogens with zero attached hydrogens (tertiary/aromatic N) is 1. The quantitative estimate of drug-likeness (QED) is 0.898. The lowest BCUT2D eigenvalue weighted by Gasteiger charge is -2.47. The van der Waals surface area contributed by atoms with Crippen LogP contribution in [0.4, 0.5) is 5.69 Å². The third kappa shape index (κ3) is 2.76. The van der Waals surface area contributed by atoms with Crippen molar-refractivity contribution in [2.45, 2.75) is 37.8 Å². The molecule has 1 aromatic carbocycles. The molecule has 112 valence electrons. The molecule has 20 heavy (non-hydrogen) atoms. The van der Waals surface area contributed by atoms with Gasteiger partial charge in [-0.15, -0.1) is 0 Å². The molecule has 0 aliphatic carbocycles. The molecule has 1 heterocycles. The first kappa shape index (κ1) is 15.1. The van der Waals surface area contributed by atoms with Crippen molar-refractivity contribution in [1.82, 2.24) is 0 Å². The molecule has 2 rings (SSSR count). The average Bonchev–Trinajstić information content (AvgIpc) is 2.53. The topological polar surface area (TPSA) is 47.7 Å². The maximum atomic E-state index is 6.15. The number of hydrogen-bond donors (Lipinski definition) is 1. The Morgan fingerprint density at radius 2 is 2.20 bits per heavy atom. The zero-order chi connectivity index (χ0) is 14.6. The van der Waals surface area contributed by atoms with Gasteiger partial charge in [0.1, 0.15) is 5.75 Å². The highest BCUT2D eigenvalue weighted by atomic mass is 16.5. The maximum absolute atomic E-state index is 6.15. The number of benzene rings is 1. The van der Waals surface area contributed by atoms with Crippen LogP contribution in [0.2, 0.25) is 0 Å². The van der Waals surface area contributed by atoms with Crippen molar-refractivity contribution in [2.24, 2.45) is 5.73 Å². The molecule has 1 aliphatic rings. The molecular weight excluding hydrogens is 252 g/mol. The first-order valence-electron chi connectivity index (χ1n) is 7.35. The van der Waals surface area contributed by atoms with Crippen molar-refractivity contribution in [3.8, 4) is 5.75 Å². The van der Waals surface area contributed by atoms with E-state index in [4.69, 9.17) is 15.2 Å². The standard InChI is InChI=1S/C16H26N2O2/c1-4-13-11-16(12-17,9-10-20-13)18(2)14-7-5-6-8-15(14)19-3/h5-8,13H,4,9-12,17H2,1-3H3. The average molecular weight is 278 g/mol. The second kappa shape index (κ2) is 6.46. The number of hydrogen-bond acceptors (Lipinski definition) is 4. The molecule has 1 aliphatic heterocycles. The van der Waals surface area contributed by atoms with E-state index in [-0.39, 0.29) is 5.54 Å². The Hall–Kier alpha value is -1.26. The maximum Gasteiger partial charge on any atom is 0.142 e. The zero-order valence-electron chi connectivity index (χ0n) is 12.8. The number of para-hydroxylation sites is 2. The van der Waals surface area contributed by atoms with Crippen LogP contribution < -0.4 is 15.4 Å². The Bertz CT molecular complexity index is 438. The Morgan fingerprint density at radius 1 is 1.45 bits per heavy atom. The van der Waals surface area contributed by atoms with Crippen LogP contribution in [0.25, 0.3) is 0 Å². The lowest BCUT2D eigenvalue weighted by Crippen LogP contribution is -2.57. The fourth-order valence-electron chi connectivity index (χ4n) is 3.05. The summed E-state index contributed by atoms with van der Waals surface area (Å²) in [5.41, 5.74) is 7.19. The smallest absolute Gasteiger partial charge is 0.142 e. The summed E-state index contributed by atoms with van der Waals surface area (Å²) in [6, 6.07) is 8.11. The second-order valence-corrected chi connectivity index (χ2v) is 5.51. The largest absolute Gasteiger partial charge is 0.495 e. The van der Waals surface area contributed by atoms with Crippen molar-refractivity contribution >= 4 is 5.69 Å². The van der Waals surface area contributed by atoms with Crippen LogP contribution in [-0.2, 0) is 4.74 Å². The highest BCUT2D eigenvalue weighted by molar-refractivity contribution is 5.59. The normalized spacial score (nSPS) is 26.3. The third-order valence-corrected chi connectivity index (χ3v) is 4.52. The molecule has 2 atom stereocenters. The minimum atomic E-state index is -0.0481. The van der Waals surface area contributed by atoms with E-state index < -0.39 is 0 Å². The number of anilines is 1. The Kier molecular flexibility index (Phi) is 4.89. The highest BCUT2D eigenvalue weighted by Crippen LogP contribution is 2.37. The molecule has 4 heteroatoms. The summed E-state index contributed by atoms with van der Waals surface area (Å²) in [4.78, 5) is 2.29. The first-order chi connectivity index (χ1) is 9.66. The molecule has 0 amide bonds. The van der Waals surface area contributed by atoms with Gasteiger partial charge in [0.05, 0.1) is 24.4 Å². The van der Waals surface area contributed by atoms with Crippen LogP contribution in [0.1, 0.15) is 26.2 Å². The van der Waals surface area contributed by atoms with Crippen LogP contribution in [0.5, 0.6) is 5.75 Å². The van der Waals surface area contributed by atoms with Gasteiger partial charge in [0.25, 0.3) is 0 Å². The van der Waals surface area contributed by atoms with Gasteiger partial charge in [-0.05, 0) is 31.4 Å². The number of rotatable bonds is 5. The van der Waals surface area contributed by atoms with Gasteiger partial charge in [0.2, 0.25) is 0 Å². The molecule has 2 unspecified atom stereocenters. The van der Waals surface area contributed by atoms with Crippen molar-refractivity contribution in [2.75, 3.05) is 32.2 Å². The second-order valence-electron chi connectivity index (χ2n) is 5.51. The lowest BCUT2D eigenvalue weighted by molar-refractivity contribution is -0.0188. The summed E-state index contributed by atoms with van der Waals surface area (Å²) in [6.07, 6.45) is 3.24. The predicted molar refractivity (Wildman–Crippen MR) is 82.4 cm³/mol. The molecule has 0 spiro atoms. The summed E-state index contributed by atoms with van der Waals surface area (Å²) in [6.45, 7) is 3.57. The Labute approximate surface area is 121 Å². The van der Waals surface area contributed by atoms with E-state index in [1.54, 1.807) is 7.11 Å². The van der Waals surface area contributed by atoms with Gasteiger partial charge in [0.15, 0.2) is 0 Å². The van der Waals surface area contributed by atoms with E-state index in [1.165, 1.54) is 0 Å². The molecule has 0 saturated carbocycles. The summed E-state index contributed by atoms with van der Waals surface area (Å²) in [5, 5.41) is 0. The van der Waals surface area contributed by atoms with Gasteiger partial charge in [-0.1, -0.05) is 19.1 Å². The minimum Gasteiger partial charge on any atom is -0.495 e. The number of likely N-dealkylation sites (N-methyl/N-ethyl adjacent to an activating group) is 1. The van der Waals surface area contributed by atoms with E-state index in [9.17, 15) is 0 Å². The van der Waals surface area contributed by atoms with Gasteiger partial charge in [-0.2, -0.15) is 0 Å². The number of nitrogens with two attached hydrogens (primary N) is 1. The van der Waals surface area contributed by atoms with Gasteiger partial charge in [-0.3, -0.25) is 0 Å². The van der Waals surface area contributed by atoms with Crippen LogP contribution in [0.15, 0.2) is 24.3 Å². The SMILES string of the molecule is CCC1CC(CN)(N(C)c2ccccc2OC)CCO1. The molecule has 0 aromatic heterocycles. The third-order valence-electron chi connectivity index (χ3n) is 4.52. The van der Waals surface area contributed by atoms with Gasteiger partial charge < -0.3 is 20.1 Å². The molecule has 0 bridgehead atoms. The molecule has 4 nitrogen and oxygen atoms in total. The fourth-order valence-corrected chi connectivity index (χ4v) is 3.05. The lowest BCUT2D eigenvalue weighted by atomic mass is 9.84. The van der Waals surface area contributed by atoms with E-state index in [0.29, 0.717) is 12.6 Å². The summed E-state index contributed by atoms with van der Waals surface area (Å²) in [5.74, 6) is 0.891. The Balaban J connectivity index is 2.30. The summed E-state index contributed by atoms with van der Waals surface area (Å²) >= 11 is 0. The molecule has 1 aromatic rings. The van der Waals surface area contributed by atoms with Gasteiger partial charge >= 0.3 is 0 Å². The van der Waals surface area contributed by atoms with Crippen LogP contribution in [0.3, 0.4) is 0 Å². The molecule has 0 radical (unpaired) electrons. The molecule has 2 N–H and O–H groups in total. The van der Waals surface area contributed by atoms with Gasteiger partial charge in [0, 0.05) is 20.2 Å². The van der Waals surface area contributed by atoms with Crippen molar-refractivity contribution in [1.29, 1.82) is 0 Å². The van der Waals surface area contributed by atoms with E-state index in [2.05, 4.69) is 24.9 Å². The van der Waals surface area contributed by atoms with Crippen LogP contribution in [-0.4, -0.2) is 39.0 Å². The minimum absolute atomic E-state index is 0.0481. The highest BCUT2D eigenvalue weighted by Gasteiger charge is 2.39. The van der Waals surface area contributed by atoms with Crippen molar-refractivity contribution in [3.05, 3.63) is 24.3 Å². The summed E-state index contributed by atoms with van der Waals surface area (Å²) in [7, 11) is 3.82. The fraction of sp³-hybridized carbons (Fsp3) is 0.625. The number of methoxy groups -OCH3 is 1. The number of ether oxygens (including phenoxy) is 2. The first-order valence-corrected chi connectivity index (χ1v) is 7.35. The monoisotopic (exact) mass is 278 g/mol. The predicted octanol–water partition coefficient (Wildman–Crippen LogP) is 2.42.